The van der Waals surface area contributed by atoms with Crippen LogP contribution >= 0.6 is 0 Å². The molecule has 0 amide bonds. The smallest absolute Gasteiger partial charge is 0.225 e. The van der Waals surface area contributed by atoms with Crippen LogP contribution in [0.2, 0.25) is 0 Å². The number of aromatic amines is 4. The van der Waals surface area contributed by atoms with Crippen molar-refractivity contribution < 1.29 is 0 Å². The van der Waals surface area contributed by atoms with Crippen molar-refractivity contribution in [2.24, 2.45) is 0 Å². The Bertz CT molecular complexity index is 2330. The Kier molecular flexibility index (Phi) is 8.66. The van der Waals surface area contributed by atoms with Crippen LogP contribution in [0.4, 0.5) is 35.2 Å². The SMILES string of the molecule is C[C@@H](Nc1nccc(Nc2cc(C3CC3)[nH]n2)n1)c1ncc2[nH]ccc2n1.C[C@H](Nc1nccc(Nc2cc(C3CC3)[nH]n2)n1)c1ncc2[nH]ccc2n1. The first kappa shape index (κ1) is 32.9. The van der Waals surface area contributed by atoms with Gasteiger partial charge in [0, 0.05) is 60.1 Å². The zero-order chi connectivity index (χ0) is 36.4. The fraction of sp³-hybridized carbons (Fsp3) is 0.278. The van der Waals surface area contributed by atoms with Crippen LogP contribution in [-0.2, 0) is 0 Å². The molecule has 2 fully saturated rings. The first-order valence-corrected chi connectivity index (χ1v) is 17.9. The van der Waals surface area contributed by atoms with Gasteiger partial charge in [-0.1, -0.05) is 0 Å². The molecule has 8 aromatic heterocycles. The minimum absolute atomic E-state index is 0.133. The van der Waals surface area contributed by atoms with Gasteiger partial charge in [-0.15, -0.1) is 0 Å². The molecule has 0 spiro atoms. The van der Waals surface area contributed by atoms with E-state index in [-0.39, 0.29) is 12.1 Å². The predicted molar refractivity (Wildman–Crippen MR) is 204 cm³/mol. The molecule has 18 nitrogen and oxygen atoms in total. The molecule has 272 valence electrons. The fourth-order valence-corrected chi connectivity index (χ4v) is 5.92. The Morgan fingerprint density at radius 1 is 0.574 bits per heavy atom. The van der Waals surface area contributed by atoms with Crippen molar-refractivity contribution in [2.45, 2.75) is 63.5 Å². The molecule has 18 heteroatoms. The second-order valence-corrected chi connectivity index (χ2v) is 13.5. The summed E-state index contributed by atoms with van der Waals surface area (Å²) in [6, 6.07) is 11.3. The highest BCUT2D eigenvalue weighted by Crippen LogP contribution is 2.40. The molecule has 8 heterocycles. The predicted octanol–water partition coefficient (Wildman–Crippen LogP) is 6.53. The lowest BCUT2D eigenvalue weighted by Gasteiger charge is -2.13. The highest BCUT2D eigenvalue weighted by Gasteiger charge is 2.26. The van der Waals surface area contributed by atoms with Crippen molar-refractivity contribution >= 4 is 57.2 Å². The third-order valence-corrected chi connectivity index (χ3v) is 9.15. The van der Waals surface area contributed by atoms with Crippen molar-refractivity contribution in [1.82, 2.24) is 70.2 Å². The van der Waals surface area contributed by atoms with E-state index in [0.29, 0.717) is 47.0 Å². The quantitative estimate of drug-likeness (QED) is 0.0669. The number of rotatable bonds is 12. The Balaban J connectivity index is 0.000000142. The van der Waals surface area contributed by atoms with Gasteiger partial charge in [-0.05, 0) is 63.8 Å². The Morgan fingerprint density at radius 2 is 1.04 bits per heavy atom. The first-order chi connectivity index (χ1) is 26.5. The summed E-state index contributed by atoms with van der Waals surface area (Å²) in [5, 5.41) is 27.7. The molecule has 8 aromatic rings. The fourth-order valence-electron chi connectivity index (χ4n) is 5.92. The third-order valence-electron chi connectivity index (χ3n) is 9.15. The summed E-state index contributed by atoms with van der Waals surface area (Å²) >= 11 is 0. The molecular weight excluding hydrogens is 685 g/mol. The van der Waals surface area contributed by atoms with Crippen LogP contribution in [0.25, 0.3) is 22.1 Å². The van der Waals surface area contributed by atoms with Crippen molar-refractivity contribution in [3.8, 4) is 0 Å². The van der Waals surface area contributed by atoms with Gasteiger partial charge in [0.15, 0.2) is 23.3 Å². The van der Waals surface area contributed by atoms with Gasteiger partial charge >= 0.3 is 0 Å². The van der Waals surface area contributed by atoms with Gasteiger partial charge in [-0.25, -0.2) is 29.9 Å². The van der Waals surface area contributed by atoms with Gasteiger partial charge in [0.2, 0.25) is 11.9 Å². The van der Waals surface area contributed by atoms with Gasteiger partial charge in [-0.3, -0.25) is 10.2 Å². The molecule has 0 aliphatic heterocycles. The van der Waals surface area contributed by atoms with E-state index in [1.165, 1.54) is 37.1 Å². The van der Waals surface area contributed by atoms with Crippen molar-refractivity contribution in [1.29, 1.82) is 0 Å². The number of fused-ring (bicyclic) bond motifs is 2. The molecule has 2 aliphatic rings. The molecular formula is C36H38N18. The van der Waals surface area contributed by atoms with Crippen LogP contribution < -0.4 is 21.3 Å². The van der Waals surface area contributed by atoms with E-state index < -0.39 is 0 Å². The number of H-pyrrole nitrogens is 4. The number of hydrogen-bond donors (Lipinski definition) is 8. The molecule has 0 saturated heterocycles. The Hall–Kier alpha value is -6.98. The topological polar surface area (TPSA) is 240 Å². The average Bonchev–Trinajstić information content (AvgIpc) is 3.97. The Morgan fingerprint density at radius 3 is 1.48 bits per heavy atom. The molecule has 54 heavy (non-hydrogen) atoms. The van der Waals surface area contributed by atoms with Crippen LogP contribution in [-0.4, -0.2) is 70.2 Å². The Labute approximate surface area is 308 Å². The van der Waals surface area contributed by atoms with Gasteiger partial charge in [0.05, 0.1) is 46.5 Å². The number of anilines is 6. The van der Waals surface area contributed by atoms with Gasteiger partial charge in [-0.2, -0.15) is 20.2 Å². The zero-order valence-corrected chi connectivity index (χ0v) is 29.5. The van der Waals surface area contributed by atoms with Gasteiger partial charge < -0.3 is 31.2 Å². The summed E-state index contributed by atoms with van der Waals surface area (Å²) in [5.41, 5.74) is 5.95. The molecule has 0 unspecified atom stereocenters. The maximum atomic E-state index is 4.56. The van der Waals surface area contributed by atoms with Crippen LogP contribution in [0.1, 0.15) is 86.5 Å². The summed E-state index contributed by atoms with van der Waals surface area (Å²) in [4.78, 5) is 41.7. The van der Waals surface area contributed by atoms with Crippen molar-refractivity contribution in [3.05, 3.63) is 96.6 Å². The van der Waals surface area contributed by atoms with E-state index >= 15 is 0 Å². The number of nitrogens with zero attached hydrogens (tertiary/aromatic N) is 10. The van der Waals surface area contributed by atoms with Gasteiger partial charge in [0.1, 0.15) is 11.6 Å². The van der Waals surface area contributed by atoms with E-state index in [1.54, 1.807) is 24.8 Å². The molecule has 0 aromatic carbocycles. The van der Waals surface area contributed by atoms with Crippen LogP contribution in [0.5, 0.6) is 0 Å². The van der Waals surface area contributed by atoms with Crippen LogP contribution in [0, 0.1) is 0 Å². The van der Waals surface area contributed by atoms with E-state index in [0.717, 1.165) is 33.7 Å². The molecule has 0 bridgehead atoms. The minimum Gasteiger partial charge on any atom is -0.359 e. The standard InChI is InChI=1S/2C18H19N9/c2*1-10(17-21-9-14-12(23-17)4-6-19-14)22-18-20-7-5-15(25-18)24-16-8-13(26-27-16)11-2-3-11/h2*4-11,19H,2-3H2,1H3,(H3,20,22,24,25,26,27)/t2*10-/m10/s1. The number of hydrogen-bond acceptors (Lipinski definition) is 14. The molecule has 2 saturated carbocycles. The third kappa shape index (κ3) is 7.62. The van der Waals surface area contributed by atoms with E-state index in [9.17, 15) is 0 Å². The number of nitrogens with one attached hydrogen (secondary N) is 8. The van der Waals surface area contributed by atoms with E-state index in [2.05, 4.69) is 91.5 Å². The summed E-state index contributed by atoms with van der Waals surface area (Å²) in [5.74, 6) is 6.52. The van der Waals surface area contributed by atoms with E-state index in [4.69, 9.17) is 0 Å². The minimum atomic E-state index is -0.133. The maximum Gasteiger partial charge on any atom is 0.225 e. The van der Waals surface area contributed by atoms with Crippen LogP contribution in [0.15, 0.2) is 73.6 Å². The molecule has 2 atom stereocenters. The second kappa shape index (κ2) is 14.2. The second-order valence-electron chi connectivity index (χ2n) is 13.5. The van der Waals surface area contributed by atoms with Crippen LogP contribution in [0.3, 0.4) is 0 Å². The first-order valence-electron chi connectivity index (χ1n) is 17.9. The monoisotopic (exact) mass is 722 g/mol. The normalized spacial score (nSPS) is 15.0. The highest BCUT2D eigenvalue weighted by atomic mass is 15.2. The summed E-state index contributed by atoms with van der Waals surface area (Å²) < 4.78 is 0. The molecule has 2 aliphatic carbocycles. The lowest BCUT2D eigenvalue weighted by Crippen LogP contribution is -2.13. The lowest BCUT2D eigenvalue weighted by atomic mass is 10.3. The van der Waals surface area contributed by atoms with Crippen molar-refractivity contribution in [3.63, 3.8) is 0 Å². The average molecular weight is 723 g/mol. The largest absolute Gasteiger partial charge is 0.359 e. The van der Waals surface area contributed by atoms with Gasteiger partial charge in [0.25, 0.3) is 0 Å². The highest BCUT2D eigenvalue weighted by molar-refractivity contribution is 5.74. The zero-order valence-electron chi connectivity index (χ0n) is 29.5. The molecule has 8 N–H and O–H groups in total. The molecule has 0 radical (unpaired) electrons. The molecule has 10 rings (SSSR count). The van der Waals surface area contributed by atoms with E-state index in [1.807, 2.05) is 62.6 Å². The number of aromatic nitrogens is 14. The van der Waals surface area contributed by atoms with Crippen molar-refractivity contribution in [2.75, 3.05) is 21.3 Å². The maximum absolute atomic E-state index is 4.56. The lowest BCUT2D eigenvalue weighted by molar-refractivity contribution is 0.785. The summed E-state index contributed by atoms with van der Waals surface area (Å²) in [7, 11) is 0. The summed E-state index contributed by atoms with van der Waals surface area (Å²) in [6.45, 7) is 3.96. The summed E-state index contributed by atoms with van der Waals surface area (Å²) in [6.07, 6.45) is 15.6.